The van der Waals surface area contributed by atoms with Crippen LogP contribution in [0.5, 0.6) is 5.75 Å². The largest absolute Gasteiger partial charge is 0.493 e. The molecule has 0 aliphatic carbocycles. The van der Waals surface area contributed by atoms with Crippen LogP contribution in [0, 0.1) is 0 Å². The first-order chi connectivity index (χ1) is 16.7. The summed E-state index contributed by atoms with van der Waals surface area (Å²) in [5, 5.41) is 9.18. The molecule has 0 bridgehead atoms. The lowest BCUT2D eigenvalue weighted by Crippen LogP contribution is -2.11. The summed E-state index contributed by atoms with van der Waals surface area (Å²) in [6, 6.07) is 26.1. The van der Waals surface area contributed by atoms with Gasteiger partial charge in [-0.3, -0.25) is 4.57 Å². The summed E-state index contributed by atoms with van der Waals surface area (Å²) in [5.41, 5.74) is 2.17. The summed E-state index contributed by atoms with van der Waals surface area (Å²) in [5.74, 6) is 1.59. The Bertz CT molecular complexity index is 1350. The van der Waals surface area contributed by atoms with Gasteiger partial charge in [-0.15, -0.1) is 10.2 Å². The zero-order valence-electron chi connectivity index (χ0n) is 20.1. The predicted molar refractivity (Wildman–Crippen MR) is 140 cm³/mol. The van der Waals surface area contributed by atoms with Gasteiger partial charge in [-0.25, -0.2) is 8.42 Å². The Hall–Kier alpha value is -3.10. The minimum absolute atomic E-state index is 0.0988. The highest BCUT2D eigenvalue weighted by molar-refractivity contribution is 7.99. The molecule has 4 aromatic rings. The van der Waals surface area contributed by atoms with Gasteiger partial charge >= 0.3 is 0 Å². The quantitative estimate of drug-likeness (QED) is 0.213. The minimum Gasteiger partial charge on any atom is -0.493 e. The Morgan fingerprint density at radius 1 is 0.857 bits per heavy atom. The molecule has 4 rings (SSSR count). The third-order valence-electron chi connectivity index (χ3n) is 5.44. The second-order valence-electron chi connectivity index (χ2n) is 9.11. The molecule has 0 fully saturated rings. The molecular weight excluding hydrogens is 478 g/mol. The van der Waals surface area contributed by atoms with E-state index in [1.165, 1.54) is 17.3 Å². The van der Waals surface area contributed by atoms with Gasteiger partial charge in [-0.05, 0) is 47.4 Å². The van der Waals surface area contributed by atoms with Crippen molar-refractivity contribution in [2.45, 2.75) is 42.0 Å². The van der Waals surface area contributed by atoms with Crippen LogP contribution in [0.15, 0.2) is 95.0 Å². The van der Waals surface area contributed by atoms with Crippen LogP contribution in [-0.2, 0) is 21.0 Å². The van der Waals surface area contributed by atoms with E-state index in [1.54, 1.807) is 30.3 Å². The topological polar surface area (TPSA) is 74.1 Å². The number of para-hydroxylation sites is 1. The first kappa shape index (κ1) is 25.0. The fourth-order valence-corrected chi connectivity index (χ4v) is 5.60. The first-order valence-corrected chi connectivity index (χ1v) is 14.0. The van der Waals surface area contributed by atoms with Crippen LogP contribution in [0.4, 0.5) is 0 Å². The van der Waals surface area contributed by atoms with Gasteiger partial charge < -0.3 is 4.74 Å². The molecule has 0 N–H and O–H groups in total. The van der Waals surface area contributed by atoms with Crippen LogP contribution < -0.4 is 4.74 Å². The Morgan fingerprint density at radius 2 is 1.49 bits per heavy atom. The van der Waals surface area contributed by atoms with Crippen LogP contribution >= 0.6 is 11.8 Å². The maximum Gasteiger partial charge on any atom is 0.195 e. The van der Waals surface area contributed by atoms with Crippen LogP contribution in [0.25, 0.3) is 5.69 Å². The molecule has 0 unspecified atom stereocenters. The molecule has 1 heterocycles. The van der Waals surface area contributed by atoms with Crippen molar-refractivity contribution in [2.75, 3.05) is 12.4 Å². The fraction of sp³-hybridized carbons (Fsp3) is 0.259. The number of benzene rings is 3. The van der Waals surface area contributed by atoms with Gasteiger partial charge in [0.2, 0.25) is 0 Å². The third-order valence-corrected chi connectivity index (χ3v) is 7.96. The molecule has 0 aliphatic rings. The van der Waals surface area contributed by atoms with Crippen LogP contribution in [0.2, 0.25) is 0 Å². The lowest BCUT2D eigenvalue weighted by molar-refractivity contribution is 0.343. The number of ether oxygens (including phenoxy) is 1. The second-order valence-corrected chi connectivity index (χ2v) is 12.2. The van der Waals surface area contributed by atoms with Gasteiger partial charge in [0.05, 0.1) is 11.5 Å². The maximum atomic E-state index is 13.0. The monoisotopic (exact) mass is 507 g/mol. The Balaban J connectivity index is 1.48. The second kappa shape index (κ2) is 10.7. The van der Waals surface area contributed by atoms with Gasteiger partial charge in [0.15, 0.2) is 20.8 Å². The lowest BCUT2D eigenvalue weighted by atomic mass is 9.87. The van der Waals surface area contributed by atoms with Crippen molar-refractivity contribution in [3.8, 4) is 11.4 Å². The predicted octanol–water partition coefficient (Wildman–Crippen LogP) is 5.71. The van der Waals surface area contributed by atoms with E-state index < -0.39 is 9.84 Å². The van der Waals surface area contributed by atoms with Gasteiger partial charge in [0.25, 0.3) is 0 Å². The molecule has 8 heteroatoms. The highest BCUT2D eigenvalue weighted by Gasteiger charge is 2.22. The van der Waals surface area contributed by atoms with E-state index in [-0.39, 0.29) is 16.1 Å². The van der Waals surface area contributed by atoms with Gasteiger partial charge in [0.1, 0.15) is 11.5 Å². The van der Waals surface area contributed by atoms with E-state index in [2.05, 4.69) is 43.1 Å². The van der Waals surface area contributed by atoms with E-state index in [4.69, 9.17) is 4.74 Å². The van der Waals surface area contributed by atoms with Crippen molar-refractivity contribution in [3.63, 3.8) is 0 Å². The number of hydrogen-bond acceptors (Lipinski definition) is 6. The average molecular weight is 508 g/mol. The standard InChI is InChI=1S/C27H29N3O3S2/c1-27(2,3)21-14-16-23(17-15-21)33-18-19-34-26-29-28-25(30(26)22-10-6-4-7-11-22)20-35(31,32)24-12-8-5-9-13-24/h4-17H,18-20H2,1-3H3. The number of hydrogen-bond donors (Lipinski definition) is 0. The third kappa shape index (κ3) is 6.32. The molecule has 6 nitrogen and oxygen atoms in total. The average Bonchev–Trinajstić information content (AvgIpc) is 3.24. The molecule has 0 atom stereocenters. The number of rotatable bonds is 9. The van der Waals surface area contributed by atoms with Crippen molar-refractivity contribution in [2.24, 2.45) is 0 Å². The van der Waals surface area contributed by atoms with Crippen LogP contribution in [-0.4, -0.2) is 35.5 Å². The van der Waals surface area contributed by atoms with Gasteiger partial charge in [-0.2, -0.15) is 0 Å². The summed E-state index contributed by atoms with van der Waals surface area (Å²) in [4.78, 5) is 0.266. The van der Waals surface area contributed by atoms with Crippen molar-refractivity contribution >= 4 is 21.6 Å². The highest BCUT2D eigenvalue weighted by Crippen LogP contribution is 2.26. The zero-order valence-corrected chi connectivity index (χ0v) is 21.7. The van der Waals surface area contributed by atoms with E-state index in [9.17, 15) is 8.42 Å². The molecule has 0 saturated carbocycles. The number of aromatic nitrogens is 3. The van der Waals surface area contributed by atoms with Gasteiger partial charge in [0, 0.05) is 11.4 Å². The molecule has 0 spiro atoms. The summed E-state index contributed by atoms with van der Waals surface area (Å²) < 4.78 is 33.7. The summed E-state index contributed by atoms with van der Waals surface area (Å²) >= 11 is 1.48. The van der Waals surface area contributed by atoms with Crippen molar-refractivity contribution in [1.82, 2.24) is 14.8 Å². The molecule has 0 amide bonds. The molecule has 0 saturated heterocycles. The Labute approximate surface area is 211 Å². The number of thioether (sulfide) groups is 1. The smallest absolute Gasteiger partial charge is 0.195 e. The SMILES string of the molecule is CC(C)(C)c1ccc(OCCSc2nnc(CS(=O)(=O)c3ccccc3)n2-c2ccccc2)cc1. The molecule has 0 aliphatic heterocycles. The highest BCUT2D eigenvalue weighted by atomic mass is 32.2. The summed E-state index contributed by atoms with van der Waals surface area (Å²) in [7, 11) is -3.56. The van der Waals surface area contributed by atoms with E-state index in [0.29, 0.717) is 23.3 Å². The molecule has 0 radical (unpaired) electrons. The van der Waals surface area contributed by atoms with E-state index in [1.807, 2.05) is 47.0 Å². The number of sulfone groups is 1. The maximum absolute atomic E-state index is 13.0. The molecule has 182 valence electrons. The van der Waals surface area contributed by atoms with Crippen molar-refractivity contribution in [3.05, 3.63) is 96.3 Å². The summed E-state index contributed by atoms with van der Waals surface area (Å²) in [6.07, 6.45) is 0. The van der Waals surface area contributed by atoms with Crippen molar-refractivity contribution < 1.29 is 13.2 Å². The lowest BCUT2D eigenvalue weighted by Gasteiger charge is -2.19. The molecule has 3 aromatic carbocycles. The molecule has 1 aromatic heterocycles. The first-order valence-electron chi connectivity index (χ1n) is 11.4. The Morgan fingerprint density at radius 3 is 2.11 bits per heavy atom. The Kier molecular flexibility index (Phi) is 7.62. The minimum atomic E-state index is -3.56. The molecule has 35 heavy (non-hydrogen) atoms. The fourth-order valence-electron chi connectivity index (χ4n) is 3.55. The summed E-state index contributed by atoms with van der Waals surface area (Å²) in [6.45, 7) is 7.03. The number of nitrogens with zero attached hydrogens (tertiary/aromatic N) is 3. The van der Waals surface area contributed by atoms with E-state index >= 15 is 0 Å². The zero-order chi connectivity index (χ0) is 24.9. The van der Waals surface area contributed by atoms with Crippen LogP contribution in [0.3, 0.4) is 0 Å². The van der Waals surface area contributed by atoms with E-state index in [0.717, 1.165) is 11.4 Å². The van der Waals surface area contributed by atoms with Gasteiger partial charge in [-0.1, -0.05) is 81.1 Å². The normalized spacial score (nSPS) is 12.0. The van der Waals surface area contributed by atoms with Crippen LogP contribution in [0.1, 0.15) is 32.2 Å². The molecular formula is C27H29N3O3S2. The van der Waals surface area contributed by atoms with Crippen molar-refractivity contribution in [1.29, 1.82) is 0 Å².